The fourth-order valence-corrected chi connectivity index (χ4v) is 1.24. The molecule has 0 bridgehead atoms. The van der Waals surface area contributed by atoms with Crippen LogP contribution in [-0.4, -0.2) is 6.04 Å². The highest BCUT2D eigenvalue weighted by Crippen LogP contribution is 2.11. The lowest BCUT2D eigenvalue weighted by Crippen LogP contribution is -2.32. The zero-order valence-electron chi connectivity index (χ0n) is 7.76. The van der Waals surface area contributed by atoms with E-state index in [-0.39, 0.29) is 0 Å². The third-order valence-electron chi connectivity index (χ3n) is 2.06. The molecule has 1 unspecified atom stereocenters. The normalized spacial score (nSPS) is 12.8. The molecule has 0 heterocycles. The number of hydrogen-bond acceptors (Lipinski definition) is 2. The molecule has 0 amide bonds. The molecule has 3 heteroatoms. The molecule has 72 valence electrons. The van der Waals surface area contributed by atoms with Crippen LogP contribution in [-0.2, 0) is 6.42 Å². The molecule has 0 aliphatic heterocycles. The van der Waals surface area contributed by atoms with Crippen molar-refractivity contribution in [2.45, 2.75) is 25.8 Å². The second-order valence-corrected chi connectivity index (χ2v) is 3.67. The van der Waals surface area contributed by atoms with E-state index < -0.39 is 0 Å². The van der Waals surface area contributed by atoms with Gasteiger partial charge in [-0.25, -0.2) is 0 Å². The molecule has 1 aromatic rings. The Balaban J connectivity index is 2.41. The fourth-order valence-electron chi connectivity index (χ4n) is 1.12. The molecular weight excluding hydrogens is 184 g/mol. The van der Waals surface area contributed by atoms with E-state index in [0.717, 1.165) is 17.9 Å². The zero-order chi connectivity index (χ0) is 9.68. The lowest BCUT2D eigenvalue weighted by atomic mass is 10.1. The average molecular weight is 199 g/mol. The maximum absolute atomic E-state index is 5.77. The lowest BCUT2D eigenvalue weighted by molar-refractivity contribution is 0.532. The molecule has 0 aromatic heterocycles. The quantitative estimate of drug-likeness (QED) is 0.575. The highest BCUT2D eigenvalue weighted by atomic mass is 35.5. The summed E-state index contributed by atoms with van der Waals surface area (Å²) >= 11 is 5.77. The van der Waals surface area contributed by atoms with Gasteiger partial charge in [-0.1, -0.05) is 23.7 Å². The first kappa shape index (κ1) is 10.5. The van der Waals surface area contributed by atoms with Crippen molar-refractivity contribution >= 4 is 11.6 Å². The van der Waals surface area contributed by atoms with Crippen molar-refractivity contribution in [2.24, 2.45) is 5.84 Å². The SMILES string of the molecule is CC(CCc1ccc(Cl)cc1)NN. The monoisotopic (exact) mass is 198 g/mol. The topological polar surface area (TPSA) is 38.0 Å². The van der Waals surface area contributed by atoms with E-state index in [1.54, 1.807) is 0 Å². The summed E-state index contributed by atoms with van der Waals surface area (Å²) in [5, 5.41) is 0.786. The van der Waals surface area contributed by atoms with Crippen LogP contribution in [0.5, 0.6) is 0 Å². The molecule has 1 aromatic carbocycles. The number of nitrogens with two attached hydrogens (primary N) is 1. The second kappa shape index (κ2) is 5.22. The van der Waals surface area contributed by atoms with Crippen LogP contribution in [0.2, 0.25) is 5.02 Å². The molecule has 3 N–H and O–H groups in total. The maximum atomic E-state index is 5.77. The lowest BCUT2D eigenvalue weighted by Gasteiger charge is -2.08. The number of nitrogens with one attached hydrogen (secondary N) is 1. The van der Waals surface area contributed by atoms with Crippen LogP contribution in [0.25, 0.3) is 0 Å². The first-order valence-electron chi connectivity index (χ1n) is 4.43. The van der Waals surface area contributed by atoms with Crippen LogP contribution < -0.4 is 11.3 Å². The van der Waals surface area contributed by atoms with Gasteiger partial charge in [-0.2, -0.15) is 0 Å². The minimum Gasteiger partial charge on any atom is -0.271 e. The Bertz CT molecular complexity index is 246. The molecule has 0 aliphatic carbocycles. The van der Waals surface area contributed by atoms with Gasteiger partial charge in [0, 0.05) is 11.1 Å². The maximum Gasteiger partial charge on any atom is 0.0406 e. The van der Waals surface area contributed by atoms with Crippen LogP contribution in [0.3, 0.4) is 0 Å². The molecule has 0 saturated heterocycles. The average Bonchev–Trinajstić information content (AvgIpc) is 2.16. The summed E-state index contributed by atoms with van der Waals surface area (Å²) in [5.41, 5.74) is 4.02. The highest BCUT2D eigenvalue weighted by molar-refractivity contribution is 6.30. The van der Waals surface area contributed by atoms with Crippen LogP contribution in [0.1, 0.15) is 18.9 Å². The molecule has 2 nitrogen and oxygen atoms in total. The summed E-state index contributed by atoms with van der Waals surface area (Å²) in [7, 11) is 0. The minimum absolute atomic E-state index is 0.357. The smallest absolute Gasteiger partial charge is 0.0406 e. The summed E-state index contributed by atoms with van der Waals surface area (Å²) < 4.78 is 0. The fraction of sp³-hybridized carbons (Fsp3) is 0.400. The van der Waals surface area contributed by atoms with Gasteiger partial charge in [0.1, 0.15) is 0 Å². The molecule has 1 atom stereocenters. The summed E-state index contributed by atoms with van der Waals surface area (Å²) in [5.74, 6) is 5.29. The van der Waals surface area contributed by atoms with Gasteiger partial charge in [0.05, 0.1) is 0 Å². The third-order valence-corrected chi connectivity index (χ3v) is 2.32. The number of aryl methyl sites for hydroxylation is 1. The first-order valence-corrected chi connectivity index (χ1v) is 4.80. The van der Waals surface area contributed by atoms with Crippen molar-refractivity contribution in [3.05, 3.63) is 34.9 Å². The van der Waals surface area contributed by atoms with Crippen LogP contribution in [0.4, 0.5) is 0 Å². The van der Waals surface area contributed by atoms with Gasteiger partial charge in [-0.3, -0.25) is 11.3 Å². The van der Waals surface area contributed by atoms with E-state index in [9.17, 15) is 0 Å². The van der Waals surface area contributed by atoms with Gasteiger partial charge in [0.15, 0.2) is 0 Å². The molecule has 1 rings (SSSR count). The predicted molar refractivity (Wildman–Crippen MR) is 56.6 cm³/mol. The number of hydrazine groups is 1. The van der Waals surface area contributed by atoms with Gasteiger partial charge in [-0.05, 0) is 37.5 Å². The van der Waals surface area contributed by atoms with Crippen molar-refractivity contribution < 1.29 is 0 Å². The van der Waals surface area contributed by atoms with Crippen LogP contribution >= 0.6 is 11.6 Å². The van der Waals surface area contributed by atoms with Crippen molar-refractivity contribution in [1.29, 1.82) is 0 Å². The van der Waals surface area contributed by atoms with Gasteiger partial charge in [0.25, 0.3) is 0 Å². The Hall–Kier alpha value is -0.570. The largest absolute Gasteiger partial charge is 0.271 e. The third kappa shape index (κ3) is 3.77. The van der Waals surface area contributed by atoms with E-state index in [1.165, 1.54) is 5.56 Å². The number of benzene rings is 1. The van der Waals surface area contributed by atoms with Gasteiger partial charge >= 0.3 is 0 Å². The van der Waals surface area contributed by atoms with E-state index in [2.05, 4.69) is 12.3 Å². The molecule has 0 saturated carbocycles. The predicted octanol–water partition coefficient (Wildman–Crippen LogP) is 2.12. The Morgan fingerprint density at radius 2 is 2.00 bits per heavy atom. The second-order valence-electron chi connectivity index (χ2n) is 3.23. The van der Waals surface area contributed by atoms with Crippen molar-refractivity contribution in [3.8, 4) is 0 Å². The van der Waals surface area contributed by atoms with Crippen molar-refractivity contribution in [1.82, 2.24) is 5.43 Å². The standard InChI is InChI=1S/C10H15ClN2/c1-8(13-12)2-3-9-4-6-10(11)7-5-9/h4-8,13H,2-3,12H2,1H3. The number of rotatable bonds is 4. The summed E-state index contributed by atoms with van der Waals surface area (Å²) in [6.45, 7) is 2.07. The molecule has 0 aliphatic rings. The van der Waals surface area contributed by atoms with Gasteiger partial charge < -0.3 is 0 Å². The molecule has 0 radical (unpaired) electrons. The Kier molecular flexibility index (Phi) is 4.22. The zero-order valence-corrected chi connectivity index (χ0v) is 8.51. The molecular formula is C10H15ClN2. The number of hydrogen-bond donors (Lipinski definition) is 2. The highest BCUT2D eigenvalue weighted by Gasteiger charge is 1.99. The van der Waals surface area contributed by atoms with Crippen molar-refractivity contribution in [3.63, 3.8) is 0 Å². The first-order chi connectivity index (χ1) is 6.22. The van der Waals surface area contributed by atoms with Crippen LogP contribution in [0, 0.1) is 0 Å². The Morgan fingerprint density at radius 1 is 1.38 bits per heavy atom. The summed E-state index contributed by atoms with van der Waals surface area (Å²) in [6.07, 6.45) is 2.07. The van der Waals surface area contributed by atoms with E-state index in [4.69, 9.17) is 17.4 Å². The molecule has 13 heavy (non-hydrogen) atoms. The van der Waals surface area contributed by atoms with Gasteiger partial charge in [0.2, 0.25) is 0 Å². The molecule has 0 spiro atoms. The summed E-state index contributed by atoms with van der Waals surface area (Å²) in [4.78, 5) is 0. The van der Waals surface area contributed by atoms with E-state index in [1.807, 2.05) is 24.3 Å². The van der Waals surface area contributed by atoms with Gasteiger partial charge in [-0.15, -0.1) is 0 Å². The summed E-state index contributed by atoms with van der Waals surface area (Å²) in [6, 6.07) is 8.28. The Morgan fingerprint density at radius 3 is 2.54 bits per heavy atom. The van der Waals surface area contributed by atoms with E-state index >= 15 is 0 Å². The Labute approximate surface area is 84.1 Å². The van der Waals surface area contributed by atoms with Crippen molar-refractivity contribution in [2.75, 3.05) is 0 Å². The van der Waals surface area contributed by atoms with Crippen LogP contribution in [0.15, 0.2) is 24.3 Å². The number of halogens is 1. The minimum atomic E-state index is 0.357. The molecule has 0 fully saturated rings. The van der Waals surface area contributed by atoms with E-state index in [0.29, 0.717) is 6.04 Å².